The van der Waals surface area contributed by atoms with Gasteiger partial charge in [0.2, 0.25) is 0 Å². The van der Waals surface area contributed by atoms with Gasteiger partial charge in [-0.05, 0) is 68.3 Å². The van der Waals surface area contributed by atoms with Crippen LogP contribution in [0.1, 0.15) is 18.1 Å². The summed E-state index contributed by atoms with van der Waals surface area (Å²) in [5.74, 6) is -0.0216. The summed E-state index contributed by atoms with van der Waals surface area (Å²) in [7, 11) is -2.34. The molecule has 0 saturated carbocycles. The van der Waals surface area contributed by atoms with Crippen LogP contribution in [0.5, 0.6) is 0 Å². The summed E-state index contributed by atoms with van der Waals surface area (Å²) in [5.41, 5.74) is 2.85. The summed E-state index contributed by atoms with van der Waals surface area (Å²) in [6, 6.07) is 34.9. The first-order valence-corrected chi connectivity index (χ1v) is 13.2. The van der Waals surface area contributed by atoms with Crippen LogP contribution in [0.3, 0.4) is 0 Å². The van der Waals surface area contributed by atoms with Gasteiger partial charge in [0.1, 0.15) is 23.2 Å². The van der Waals surface area contributed by atoms with Crippen molar-refractivity contribution in [3.8, 4) is 0 Å². The van der Waals surface area contributed by atoms with Gasteiger partial charge in [-0.3, -0.25) is 4.79 Å². The van der Waals surface area contributed by atoms with Gasteiger partial charge in [-0.15, -0.1) is 0 Å². The fourth-order valence-corrected chi connectivity index (χ4v) is 9.29. The van der Waals surface area contributed by atoms with E-state index in [1.165, 1.54) is 15.9 Å². The van der Waals surface area contributed by atoms with Crippen LogP contribution in [0.25, 0.3) is 4.85 Å². The van der Waals surface area contributed by atoms with Crippen LogP contribution in [0, 0.1) is 20.4 Å². The number of amides is 1. The number of aryl methyl sites for hydroxylation is 2. The fourth-order valence-electron chi connectivity index (χ4n) is 4.71. The Morgan fingerprint density at radius 3 is 1.50 bits per heavy atom. The number of hydrogen-bond donors (Lipinski definition) is 1. The monoisotopic (exact) mass is 463 g/mol. The average molecular weight is 464 g/mol. The van der Waals surface area contributed by atoms with Gasteiger partial charge in [0.15, 0.2) is 11.3 Å². The molecule has 0 fully saturated rings. The molecule has 0 heterocycles. The lowest BCUT2D eigenvalue weighted by Gasteiger charge is -2.32. The smallest absolute Gasteiger partial charge is 0.266 e. The predicted molar refractivity (Wildman–Crippen MR) is 145 cm³/mol. The highest BCUT2D eigenvalue weighted by Crippen LogP contribution is 2.59. The SMILES string of the molecule is [C-]#[N+]c1cc(C)c(NC(=O)C(C)[P+](c2ccccc2)(c2ccccc2)c2ccccc2)c(C)c1. The Balaban J connectivity index is 1.89. The Morgan fingerprint density at radius 1 is 0.765 bits per heavy atom. The van der Waals surface area contributed by atoms with Crippen molar-refractivity contribution in [2.75, 3.05) is 5.32 Å². The molecule has 1 atom stereocenters. The molecule has 0 radical (unpaired) electrons. The van der Waals surface area contributed by atoms with Crippen LogP contribution in [0.2, 0.25) is 0 Å². The van der Waals surface area contributed by atoms with Crippen LogP contribution in [-0.2, 0) is 4.79 Å². The van der Waals surface area contributed by atoms with Crippen molar-refractivity contribution in [1.82, 2.24) is 0 Å². The maximum absolute atomic E-state index is 14.0. The van der Waals surface area contributed by atoms with Crippen molar-refractivity contribution in [3.63, 3.8) is 0 Å². The first-order chi connectivity index (χ1) is 16.5. The Labute approximate surface area is 202 Å². The van der Waals surface area contributed by atoms with E-state index in [-0.39, 0.29) is 11.6 Å². The lowest BCUT2D eigenvalue weighted by atomic mass is 10.1. The molecule has 0 saturated heterocycles. The molecular weight excluding hydrogens is 435 g/mol. The molecule has 0 aliphatic heterocycles. The van der Waals surface area contributed by atoms with E-state index in [2.05, 4.69) is 83.0 Å². The third kappa shape index (κ3) is 4.26. The maximum Gasteiger partial charge on any atom is 0.266 e. The molecule has 4 rings (SSSR count). The van der Waals surface area contributed by atoms with E-state index >= 15 is 0 Å². The molecule has 1 amide bonds. The highest BCUT2D eigenvalue weighted by atomic mass is 31.2. The number of rotatable bonds is 6. The second-order valence-electron chi connectivity index (χ2n) is 8.46. The predicted octanol–water partition coefficient (Wildman–Crippen LogP) is 6.18. The first kappa shape index (κ1) is 23.4. The highest BCUT2D eigenvalue weighted by molar-refractivity contribution is 7.96. The van der Waals surface area contributed by atoms with Crippen LogP contribution < -0.4 is 21.2 Å². The van der Waals surface area contributed by atoms with Gasteiger partial charge in [0, 0.05) is 5.69 Å². The summed E-state index contributed by atoms with van der Waals surface area (Å²) >= 11 is 0. The van der Waals surface area contributed by atoms with E-state index < -0.39 is 7.26 Å². The second kappa shape index (κ2) is 10.0. The molecule has 4 aromatic rings. The lowest BCUT2D eigenvalue weighted by molar-refractivity contribution is -0.115. The van der Waals surface area contributed by atoms with Gasteiger partial charge in [-0.2, -0.15) is 0 Å². The van der Waals surface area contributed by atoms with Crippen LogP contribution in [0.15, 0.2) is 103 Å². The Kier molecular flexibility index (Phi) is 6.92. The number of anilines is 1. The molecule has 168 valence electrons. The largest absolute Gasteiger partial charge is 0.322 e. The second-order valence-corrected chi connectivity index (χ2v) is 12.2. The quantitative estimate of drug-likeness (QED) is 0.269. The van der Waals surface area contributed by atoms with Gasteiger partial charge >= 0.3 is 0 Å². The van der Waals surface area contributed by atoms with Crippen LogP contribution >= 0.6 is 7.26 Å². The summed E-state index contributed by atoms with van der Waals surface area (Å²) in [5, 5.41) is 6.75. The van der Waals surface area contributed by atoms with Crippen LogP contribution in [-0.4, -0.2) is 11.6 Å². The number of carbonyl (C=O) groups excluding carboxylic acids is 1. The summed E-state index contributed by atoms with van der Waals surface area (Å²) < 4.78 is 0. The topological polar surface area (TPSA) is 33.5 Å². The van der Waals surface area contributed by atoms with Gasteiger partial charge < -0.3 is 5.32 Å². The van der Waals surface area contributed by atoms with Crippen molar-refractivity contribution in [1.29, 1.82) is 0 Å². The number of nitrogens with zero attached hydrogens (tertiary/aromatic N) is 1. The lowest BCUT2D eigenvalue weighted by Crippen LogP contribution is -2.43. The van der Waals surface area contributed by atoms with Crippen molar-refractivity contribution < 1.29 is 4.79 Å². The third-order valence-electron chi connectivity index (χ3n) is 6.35. The molecule has 34 heavy (non-hydrogen) atoms. The highest BCUT2D eigenvalue weighted by Gasteiger charge is 2.53. The summed E-state index contributed by atoms with van der Waals surface area (Å²) in [6.07, 6.45) is 0. The van der Waals surface area contributed by atoms with E-state index in [0.29, 0.717) is 5.69 Å². The summed E-state index contributed by atoms with van der Waals surface area (Å²) in [6.45, 7) is 13.3. The van der Waals surface area contributed by atoms with E-state index in [1.807, 2.05) is 51.1 Å². The average Bonchev–Trinajstić information content (AvgIpc) is 2.88. The molecule has 0 aliphatic rings. The number of hydrogen-bond acceptors (Lipinski definition) is 1. The number of benzene rings is 4. The number of nitrogens with one attached hydrogen (secondary N) is 1. The third-order valence-corrected chi connectivity index (χ3v) is 11.1. The van der Waals surface area contributed by atoms with Gasteiger partial charge in [-0.1, -0.05) is 66.7 Å². The van der Waals surface area contributed by atoms with E-state index in [4.69, 9.17) is 6.57 Å². The van der Waals surface area contributed by atoms with Crippen LogP contribution in [0.4, 0.5) is 11.4 Å². The Bertz CT molecular complexity index is 1210. The van der Waals surface area contributed by atoms with Gasteiger partial charge in [0.25, 0.3) is 5.91 Å². The van der Waals surface area contributed by atoms with Gasteiger partial charge in [-0.25, -0.2) is 4.85 Å². The molecule has 0 bridgehead atoms. The molecule has 1 unspecified atom stereocenters. The standard InChI is InChI=1S/C30H27N2OP/c1-22-20-25(31-4)21-23(2)29(22)32-30(33)24(3)34(26-14-8-5-9-15-26,27-16-10-6-11-17-27)28-18-12-7-13-19-28/h5-21,24H,1-3H3/p+1. The molecule has 4 heteroatoms. The van der Waals surface area contributed by atoms with Crippen molar-refractivity contribution in [2.45, 2.75) is 26.4 Å². The molecular formula is C30H28N2OP+. The molecule has 0 aliphatic carbocycles. The molecule has 0 spiro atoms. The minimum absolute atomic E-state index is 0.0216. The molecule has 4 aromatic carbocycles. The minimum atomic E-state index is -2.34. The van der Waals surface area contributed by atoms with Crippen molar-refractivity contribution in [2.24, 2.45) is 0 Å². The number of carbonyl (C=O) groups is 1. The molecule has 1 N–H and O–H groups in total. The zero-order valence-electron chi connectivity index (χ0n) is 19.7. The fraction of sp³-hybridized carbons (Fsp3) is 0.133. The normalized spacial score (nSPS) is 11.9. The maximum atomic E-state index is 14.0. The summed E-state index contributed by atoms with van der Waals surface area (Å²) in [4.78, 5) is 17.5. The minimum Gasteiger partial charge on any atom is -0.322 e. The van der Waals surface area contributed by atoms with E-state index in [1.54, 1.807) is 0 Å². The van der Waals surface area contributed by atoms with Gasteiger partial charge in [0.05, 0.1) is 6.57 Å². The van der Waals surface area contributed by atoms with E-state index in [9.17, 15) is 4.79 Å². The zero-order chi connectivity index (χ0) is 24.1. The van der Waals surface area contributed by atoms with E-state index in [0.717, 1.165) is 16.8 Å². The molecule has 0 aromatic heterocycles. The van der Waals surface area contributed by atoms with Crippen molar-refractivity contribution in [3.05, 3.63) is 126 Å². The zero-order valence-corrected chi connectivity index (χ0v) is 20.6. The molecule has 3 nitrogen and oxygen atoms in total. The Hall–Kier alpha value is -3.73. The Morgan fingerprint density at radius 2 is 1.15 bits per heavy atom. The van der Waals surface area contributed by atoms with Crippen molar-refractivity contribution >= 4 is 40.5 Å². The first-order valence-electron chi connectivity index (χ1n) is 11.3.